The van der Waals surface area contributed by atoms with E-state index in [1.807, 2.05) is 33.3 Å². The Bertz CT molecular complexity index is 1400. The first kappa shape index (κ1) is 74.2. The summed E-state index contributed by atoms with van der Waals surface area (Å²) in [6.45, 7) is 7.03. The number of nitrogens with zero attached hydrogens (tertiary/aromatic N) is 1. The average Bonchev–Trinajstić information content (AvgIpc) is 3.38. The minimum atomic E-state index is -4.45. The minimum Gasteiger partial charge on any atom is -0.456 e. The minimum absolute atomic E-state index is 0.0421. The standard InChI is InChI=1S/C66H127N2O7P/c1-7-10-13-16-19-22-25-28-30-32-34-36-38-40-43-46-49-52-55-58-65(69)67-63(62-74-76(71,72)73-61-60-68(4,5)6)64(57-54-51-48-45-42-27-24-21-18-15-12-9-3)75-66(70)59-56-53-50-47-44-41-39-37-35-33-31-29-26-23-20-17-14-11-8-2/h20,23,29,31,54,57,63-64H,7-19,21-22,24-28,30,32-53,55-56,58-62H2,1-6H3,(H-,67,69,71,72)/p+1/b23-20-,31-29-,57-54+. The van der Waals surface area contributed by atoms with Gasteiger partial charge in [0.1, 0.15) is 19.3 Å². The summed E-state index contributed by atoms with van der Waals surface area (Å²) in [5.74, 6) is -0.494. The number of unbranched alkanes of at least 4 members (excludes halogenated alkanes) is 40. The molecule has 1 amide bonds. The van der Waals surface area contributed by atoms with E-state index in [4.69, 9.17) is 13.8 Å². The number of rotatable bonds is 60. The quantitative estimate of drug-likeness (QED) is 0.0205. The summed E-state index contributed by atoms with van der Waals surface area (Å²) in [5, 5.41) is 3.07. The van der Waals surface area contributed by atoms with Crippen LogP contribution in [-0.4, -0.2) is 74.3 Å². The zero-order chi connectivity index (χ0) is 55.7. The Kier molecular flexibility index (Phi) is 55.2. The maximum Gasteiger partial charge on any atom is 0.472 e. The number of ether oxygens (including phenoxy) is 1. The zero-order valence-corrected chi connectivity index (χ0v) is 52.2. The first-order valence-electron chi connectivity index (χ1n) is 32.8. The summed E-state index contributed by atoms with van der Waals surface area (Å²) < 4.78 is 30.8. The summed E-state index contributed by atoms with van der Waals surface area (Å²) in [5.41, 5.74) is 0. The van der Waals surface area contributed by atoms with Gasteiger partial charge < -0.3 is 19.4 Å². The monoisotopic (exact) mass is 1090 g/mol. The lowest BCUT2D eigenvalue weighted by atomic mass is 10.0. The smallest absolute Gasteiger partial charge is 0.456 e. The van der Waals surface area contributed by atoms with Crippen LogP contribution < -0.4 is 5.32 Å². The van der Waals surface area contributed by atoms with E-state index in [-0.39, 0.29) is 25.1 Å². The van der Waals surface area contributed by atoms with Gasteiger partial charge in [-0.15, -0.1) is 0 Å². The van der Waals surface area contributed by atoms with Gasteiger partial charge in [0.25, 0.3) is 0 Å². The van der Waals surface area contributed by atoms with Gasteiger partial charge in [0.05, 0.1) is 33.8 Å². The molecule has 10 heteroatoms. The topological polar surface area (TPSA) is 111 Å². The highest BCUT2D eigenvalue weighted by Gasteiger charge is 2.30. The average molecular weight is 1090 g/mol. The molecule has 0 heterocycles. The van der Waals surface area contributed by atoms with E-state index in [9.17, 15) is 19.0 Å². The van der Waals surface area contributed by atoms with Crippen LogP contribution in [0.4, 0.5) is 0 Å². The van der Waals surface area contributed by atoms with Crippen LogP contribution in [-0.2, 0) is 27.9 Å². The molecule has 0 aromatic heterocycles. The van der Waals surface area contributed by atoms with Gasteiger partial charge in [0, 0.05) is 12.8 Å². The van der Waals surface area contributed by atoms with Crippen molar-refractivity contribution in [2.75, 3.05) is 40.9 Å². The van der Waals surface area contributed by atoms with Crippen molar-refractivity contribution in [1.29, 1.82) is 0 Å². The van der Waals surface area contributed by atoms with Crippen LogP contribution in [0.1, 0.15) is 323 Å². The molecule has 0 radical (unpaired) electrons. The van der Waals surface area contributed by atoms with Crippen molar-refractivity contribution in [2.45, 2.75) is 335 Å². The molecular formula is C66H128N2O7P+. The Morgan fingerprint density at radius 2 is 0.803 bits per heavy atom. The number of carbonyl (C=O) groups excluding carboxylic acids is 2. The number of hydrogen-bond donors (Lipinski definition) is 2. The lowest BCUT2D eigenvalue weighted by molar-refractivity contribution is -0.870. The zero-order valence-electron chi connectivity index (χ0n) is 51.3. The fourth-order valence-electron chi connectivity index (χ4n) is 9.74. The predicted molar refractivity (Wildman–Crippen MR) is 328 cm³/mol. The Hall–Kier alpha value is -1.77. The first-order valence-corrected chi connectivity index (χ1v) is 34.3. The highest BCUT2D eigenvalue weighted by atomic mass is 31.2. The van der Waals surface area contributed by atoms with Crippen molar-refractivity contribution < 1.29 is 37.3 Å². The van der Waals surface area contributed by atoms with Gasteiger partial charge in [-0.3, -0.25) is 18.6 Å². The van der Waals surface area contributed by atoms with E-state index in [1.165, 1.54) is 225 Å². The molecule has 9 nitrogen and oxygen atoms in total. The summed E-state index contributed by atoms with van der Waals surface area (Å²) in [7, 11) is 1.51. The van der Waals surface area contributed by atoms with Gasteiger partial charge in [-0.1, -0.05) is 282 Å². The number of carbonyl (C=O) groups is 2. The molecule has 0 aliphatic heterocycles. The number of phosphoric acid groups is 1. The molecule has 0 aromatic carbocycles. The molecule has 0 aliphatic carbocycles. The van der Waals surface area contributed by atoms with E-state index in [2.05, 4.69) is 50.4 Å². The molecule has 448 valence electrons. The van der Waals surface area contributed by atoms with Gasteiger partial charge in [-0.05, 0) is 63.9 Å². The fourth-order valence-corrected chi connectivity index (χ4v) is 10.5. The number of likely N-dealkylation sites (N-methyl/N-ethyl adjacent to an activating group) is 1. The molecule has 0 fully saturated rings. The lowest BCUT2D eigenvalue weighted by Crippen LogP contribution is -2.47. The number of allylic oxidation sites excluding steroid dienone is 5. The molecule has 76 heavy (non-hydrogen) atoms. The van der Waals surface area contributed by atoms with E-state index >= 15 is 0 Å². The largest absolute Gasteiger partial charge is 0.472 e. The van der Waals surface area contributed by atoms with Crippen molar-refractivity contribution in [3.8, 4) is 0 Å². The third kappa shape index (κ3) is 56.9. The third-order valence-corrected chi connectivity index (χ3v) is 15.8. The van der Waals surface area contributed by atoms with Crippen molar-refractivity contribution in [3.05, 3.63) is 36.5 Å². The Labute approximate surface area is 472 Å². The lowest BCUT2D eigenvalue weighted by Gasteiger charge is -2.27. The van der Waals surface area contributed by atoms with Gasteiger partial charge in [0.2, 0.25) is 5.91 Å². The molecule has 0 rings (SSSR count). The first-order chi connectivity index (χ1) is 36.9. The molecule has 3 atom stereocenters. The second-order valence-corrected chi connectivity index (χ2v) is 25.1. The molecule has 0 bridgehead atoms. The maximum atomic E-state index is 13.6. The molecular weight excluding hydrogens is 964 g/mol. The summed E-state index contributed by atoms with van der Waals surface area (Å²) in [6.07, 6.45) is 68.5. The van der Waals surface area contributed by atoms with Gasteiger partial charge >= 0.3 is 13.8 Å². The summed E-state index contributed by atoms with van der Waals surface area (Å²) >= 11 is 0. The summed E-state index contributed by atoms with van der Waals surface area (Å²) in [4.78, 5) is 37.8. The van der Waals surface area contributed by atoms with Crippen molar-refractivity contribution in [3.63, 3.8) is 0 Å². The number of esters is 1. The number of hydrogen-bond acceptors (Lipinski definition) is 6. The van der Waals surface area contributed by atoms with Gasteiger partial charge in [-0.2, -0.15) is 0 Å². The fraction of sp³-hybridized carbons (Fsp3) is 0.879. The highest BCUT2D eigenvalue weighted by molar-refractivity contribution is 7.47. The van der Waals surface area contributed by atoms with Crippen molar-refractivity contribution in [2.24, 2.45) is 0 Å². The molecule has 0 saturated heterocycles. The third-order valence-electron chi connectivity index (χ3n) is 14.8. The van der Waals surface area contributed by atoms with Crippen LogP contribution in [0.5, 0.6) is 0 Å². The Balaban J connectivity index is 5.17. The Morgan fingerprint density at radius 3 is 1.21 bits per heavy atom. The summed E-state index contributed by atoms with van der Waals surface area (Å²) in [6, 6.07) is -0.846. The highest BCUT2D eigenvalue weighted by Crippen LogP contribution is 2.43. The molecule has 0 saturated carbocycles. The van der Waals surface area contributed by atoms with Crippen LogP contribution in [0.25, 0.3) is 0 Å². The van der Waals surface area contributed by atoms with Crippen molar-refractivity contribution >= 4 is 19.7 Å². The van der Waals surface area contributed by atoms with Crippen LogP contribution >= 0.6 is 7.82 Å². The second-order valence-electron chi connectivity index (χ2n) is 23.6. The van der Waals surface area contributed by atoms with E-state index < -0.39 is 20.0 Å². The van der Waals surface area contributed by atoms with Gasteiger partial charge in [-0.25, -0.2) is 4.57 Å². The van der Waals surface area contributed by atoms with E-state index in [1.54, 1.807) is 0 Å². The molecule has 2 N–H and O–H groups in total. The molecule has 0 spiro atoms. The van der Waals surface area contributed by atoms with E-state index in [0.717, 1.165) is 64.2 Å². The number of quaternary nitrogens is 1. The van der Waals surface area contributed by atoms with Crippen LogP contribution in [0.15, 0.2) is 36.5 Å². The van der Waals surface area contributed by atoms with E-state index in [0.29, 0.717) is 23.9 Å². The molecule has 0 aliphatic rings. The number of nitrogens with one attached hydrogen (secondary N) is 1. The predicted octanol–water partition coefficient (Wildman–Crippen LogP) is 20.3. The second kappa shape index (κ2) is 56.5. The van der Waals surface area contributed by atoms with Crippen LogP contribution in [0, 0.1) is 0 Å². The number of amides is 1. The maximum absolute atomic E-state index is 13.6. The molecule has 0 aromatic rings. The normalized spacial score (nSPS) is 13.8. The Morgan fingerprint density at radius 1 is 0.461 bits per heavy atom. The molecule has 3 unspecified atom stereocenters. The van der Waals surface area contributed by atoms with Crippen LogP contribution in [0.3, 0.4) is 0 Å². The SMILES string of the molecule is CCCCC/C=C\C/C=C\CCCCCCCCCCCC(=O)OC(/C=C/CCCCCCCCCCCC)C(COP(=O)(O)OCC[N+](C)(C)C)NC(=O)CCCCCCCCCCCCCCCCCCCCC. The van der Waals surface area contributed by atoms with Crippen LogP contribution in [0.2, 0.25) is 0 Å². The number of phosphoric ester groups is 1. The van der Waals surface area contributed by atoms with Gasteiger partial charge in [0.15, 0.2) is 0 Å². The van der Waals surface area contributed by atoms with Crippen molar-refractivity contribution in [1.82, 2.24) is 5.32 Å².